The van der Waals surface area contributed by atoms with Crippen molar-refractivity contribution in [2.75, 3.05) is 0 Å². The van der Waals surface area contributed by atoms with Gasteiger partial charge in [-0.1, -0.05) is 32.6 Å². The first-order valence-electron chi connectivity index (χ1n) is 3.99. The van der Waals surface area contributed by atoms with Gasteiger partial charge in [0, 0.05) is 49.7 Å². The smallest absolute Gasteiger partial charge is 0.303 e. The van der Waals surface area contributed by atoms with Crippen LogP contribution < -0.4 is 0 Å². The molecule has 0 fully saturated rings. The minimum absolute atomic E-state index is 0. The standard InChI is InChI=1S/C8H16O2.Mn.Zr/c1-2-3-4-5-6-7-8(9)10;;/h2-7H2,1H3,(H,9,10);;. The number of hydrogen-bond acceptors (Lipinski definition) is 1. The first-order chi connectivity index (χ1) is 4.77. The number of rotatable bonds is 6. The van der Waals surface area contributed by atoms with E-state index in [0.29, 0.717) is 6.42 Å². The van der Waals surface area contributed by atoms with E-state index in [2.05, 4.69) is 6.92 Å². The van der Waals surface area contributed by atoms with Crippen molar-refractivity contribution < 1.29 is 53.2 Å². The summed E-state index contributed by atoms with van der Waals surface area (Å²) >= 11 is 0. The van der Waals surface area contributed by atoms with Crippen LogP contribution in [0.1, 0.15) is 45.4 Å². The fourth-order valence-electron chi connectivity index (χ4n) is 0.880. The van der Waals surface area contributed by atoms with Crippen LogP contribution >= 0.6 is 0 Å². The second kappa shape index (κ2) is 14.4. The molecule has 0 unspecified atom stereocenters. The molecule has 0 aliphatic rings. The minimum Gasteiger partial charge on any atom is -0.481 e. The van der Waals surface area contributed by atoms with Crippen molar-refractivity contribution >= 4 is 5.97 Å². The summed E-state index contributed by atoms with van der Waals surface area (Å²) in [6.45, 7) is 2.15. The largest absolute Gasteiger partial charge is 0.481 e. The Morgan fingerprint density at radius 3 is 2.08 bits per heavy atom. The summed E-state index contributed by atoms with van der Waals surface area (Å²) in [7, 11) is 0. The molecule has 0 spiro atoms. The van der Waals surface area contributed by atoms with Crippen molar-refractivity contribution in [2.45, 2.75) is 45.4 Å². The van der Waals surface area contributed by atoms with E-state index < -0.39 is 5.97 Å². The Morgan fingerprint density at radius 2 is 1.67 bits per heavy atom. The van der Waals surface area contributed by atoms with Crippen molar-refractivity contribution in [1.29, 1.82) is 0 Å². The first-order valence-corrected chi connectivity index (χ1v) is 3.99. The SMILES string of the molecule is CCCCCCCC(=O)O.[Mn].[Zr]. The molecule has 0 aromatic carbocycles. The maximum Gasteiger partial charge on any atom is 0.303 e. The molecule has 0 aromatic heterocycles. The Bertz CT molecular complexity index is 99.1. The Labute approximate surface area is 104 Å². The first kappa shape index (κ1) is 18.6. The van der Waals surface area contributed by atoms with Gasteiger partial charge >= 0.3 is 5.97 Å². The van der Waals surface area contributed by atoms with Gasteiger partial charge in [-0.15, -0.1) is 0 Å². The summed E-state index contributed by atoms with van der Waals surface area (Å²) in [5.41, 5.74) is 0. The van der Waals surface area contributed by atoms with Crippen LogP contribution in [0.4, 0.5) is 0 Å². The Hall–Kier alpha value is 0.873. The van der Waals surface area contributed by atoms with Crippen molar-refractivity contribution in [1.82, 2.24) is 0 Å². The van der Waals surface area contributed by atoms with Crippen LogP contribution in [0, 0.1) is 0 Å². The van der Waals surface area contributed by atoms with E-state index in [1.54, 1.807) is 0 Å². The summed E-state index contributed by atoms with van der Waals surface area (Å²) in [6.07, 6.45) is 5.88. The third kappa shape index (κ3) is 17.1. The van der Waals surface area contributed by atoms with Gasteiger partial charge < -0.3 is 5.11 Å². The van der Waals surface area contributed by atoms with Gasteiger partial charge in [0.25, 0.3) is 0 Å². The van der Waals surface area contributed by atoms with Gasteiger partial charge in [-0.2, -0.15) is 0 Å². The van der Waals surface area contributed by atoms with Gasteiger partial charge in [0.2, 0.25) is 0 Å². The molecule has 0 aliphatic heterocycles. The molecule has 0 saturated carbocycles. The van der Waals surface area contributed by atoms with Crippen molar-refractivity contribution in [3.8, 4) is 0 Å². The molecule has 0 aliphatic carbocycles. The predicted molar refractivity (Wildman–Crippen MR) is 41.0 cm³/mol. The molecular weight excluding hydrogens is 274 g/mol. The average molecular weight is 290 g/mol. The quantitative estimate of drug-likeness (QED) is 0.602. The Balaban J connectivity index is -0.000000405. The van der Waals surface area contributed by atoms with Gasteiger partial charge in [-0.3, -0.25) is 4.79 Å². The maximum atomic E-state index is 10.0. The van der Waals surface area contributed by atoms with Crippen molar-refractivity contribution in [3.05, 3.63) is 0 Å². The number of carboxylic acids is 1. The second-order valence-electron chi connectivity index (χ2n) is 2.56. The fraction of sp³-hybridized carbons (Fsp3) is 0.875. The van der Waals surface area contributed by atoms with E-state index in [9.17, 15) is 4.79 Å². The molecule has 0 aromatic rings. The minimum atomic E-state index is -0.670. The maximum absolute atomic E-state index is 10.0. The van der Waals surface area contributed by atoms with E-state index in [1.807, 2.05) is 0 Å². The van der Waals surface area contributed by atoms with Gasteiger partial charge in [-0.05, 0) is 6.42 Å². The normalized spacial score (nSPS) is 8.08. The molecule has 0 saturated heterocycles. The van der Waals surface area contributed by atoms with Crippen LogP contribution in [0.2, 0.25) is 0 Å². The number of unbranched alkanes of at least 4 members (excludes halogenated alkanes) is 4. The van der Waals surface area contributed by atoms with Crippen molar-refractivity contribution in [2.24, 2.45) is 0 Å². The van der Waals surface area contributed by atoms with Gasteiger partial charge in [0.05, 0.1) is 0 Å². The molecule has 12 heavy (non-hydrogen) atoms. The summed E-state index contributed by atoms with van der Waals surface area (Å²) < 4.78 is 0. The third-order valence-corrected chi connectivity index (χ3v) is 1.49. The summed E-state index contributed by atoms with van der Waals surface area (Å²) in [5, 5.41) is 8.27. The molecule has 0 heterocycles. The predicted octanol–water partition coefficient (Wildman–Crippen LogP) is 2.43. The molecule has 2 nitrogen and oxygen atoms in total. The number of carboxylic acid groups (broad SMARTS) is 1. The van der Waals surface area contributed by atoms with Crippen LogP contribution in [-0.4, -0.2) is 11.1 Å². The Kier molecular flexibility index (Phi) is 22.3. The molecule has 0 rings (SSSR count). The molecular formula is C8H16MnO2Zr. The zero-order chi connectivity index (χ0) is 7.82. The third-order valence-electron chi connectivity index (χ3n) is 1.49. The van der Waals surface area contributed by atoms with Crippen LogP contribution in [0.15, 0.2) is 0 Å². The fourth-order valence-corrected chi connectivity index (χ4v) is 0.880. The molecule has 71 valence electrons. The second-order valence-corrected chi connectivity index (χ2v) is 2.56. The van der Waals surface area contributed by atoms with Crippen LogP contribution in [-0.2, 0) is 48.1 Å². The van der Waals surface area contributed by atoms with Gasteiger partial charge in [0.1, 0.15) is 0 Å². The van der Waals surface area contributed by atoms with E-state index in [0.717, 1.165) is 12.8 Å². The molecule has 0 amide bonds. The van der Waals surface area contributed by atoms with E-state index in [-0.39, 0.29) is 43.3 Å². The topological polar surface area (TPSA) is 37.3 Å². The van der Waals surface area contributed by atoms with Gasteiger partial charge in [-0.25, -0.2) is 0 Å². The monoisotopic (exact) mass is 289 g/mol. The summed E-state index contributed by atoms with van der Waals surface area (Å²) in [5.74, 6) is -0.670. The van der Waals surface area contributed by atoms with Crippen LogP contribution in [0.5, 0.6) is 0 Å². The van der Waals surface area contributed by atoms with Crippen molar-refractivity contribution in [3.63, 3.8) is 0 Å². The molecule has 1 radical (unpaired) electrons. The molecule has 4 heteroatoms. The van der Waals surface area contributed by atoms with Crippen LogP contribution in [0.25, 0.3) is 0 Å². The Morgan fingerprint density at radius 1 is 1.17 bits per heavy atom. The zero-order valence-electron chi connectivity index (χ0n) is 7.48. The summed E-state index contributed by atoms with van der Waals surface area (Å²) in [6, 6.07) is 0. The molecule has 0 atom stereocenters. The number of aliphatic carboxylic acids is 1. The summed E-state index contributed by atoms with van der Waals surface area (Å²) in [4.78, 5) is 10.0. The van der Waals surface area contributed by atoms with Crippen LogP contribution in [0.3, 0.4) is 0 Å². The van der Waals surface area contributed by atoms with Gasteiger partial charge in [0.15, 0.2) is 0 Å². The number of carbonyl (C=O) groups is 1. The van der Waals surface area contributed by atoms with E-state index >= 15 is 0 Å². The number of hydrogen-bond donors (Lipinski definition) is 1. The zero-order valence-corrected chi connectivity index (χ0v) is 11.1. The average Bonchev–Trinajstić information content (AvgIpc) is 1.87. The molecule has 0 bridgehead atoms. The van der Waals surface area contributed by atoms with E-state index in [4.69, 9.17) is 5.11 Å². The molecule has 1 N–H and O–H groups in total. The van der Waals surface area contributed by atoms with E-state index in [1.165, 1.54) is 19.3 Å².